The van der Waals surface area contributed by atoms with E-state index < -0.39 is 0 Å². The molecular formula is C12H16O2. The minimum atomic E-state index is 0.460. The van der Waals surface area contributed by atoms with Crippen LogP contribution in [0.4, 0.5) is 0 Å². The van der Waals surface area contributed by atoms with Gasteiger partial charge >= 0.3 is 0 Å². The SMILES string of the molecule is COC1=CC(C)C2=CCCC2=C1OC. The molecule has 2 aliphatic rings. The Morgan fingerprint density at radius 3 is 2.71 bits per heavy atom. The Kier molecular flexibility index (Phi) is 2.36. The number of rotatable bonds is 2. The molecule has 2 aliphatic carbocycles. The van der Waals surface area contributed by atoms with Gasteiger partial charge in [-0.3, -0.25) is 0 Å². The molecule has 0 aromatic rings. The topological polar surface area (TPSA) is 18.5 Å². The number of fused-ring (bicyclic) bond motifs is 1. The van der Waals surface area contributed by atoms with E-state index in [4.69, 9.17) is 9.47 Å². The summed E-state index contributed by atoms with van der Waals surface area (Å²) in [6, 6.07) is 0. The molecule has 76 valence electrons. The van der Waals surface area contributed by atoms with Crippen LogP contribution in [0.2, 0.25) is 0 Å². The fourth-order valence-electron chi connectivity index (χ4n) is 2.27. The highest BCUT2D eigenvalue weighted by Crippen LogP contribution is 2.40. The number of hydrogen-bond donors (Lipinski definition) is 0. The Labute approximate surface area is 84.9 Å². The molecule has 14 heavy (non-hydrogen) atoms. The molecule has 0 fully saturated rings. The van der Waals surface area contributed by atoms with Crippen molar-refractivity contribution in [3.8, 4) is 0 Å². The number of ether oxygens (including phenoxy) is 2. The summed E-state index contributed by atoms with van der Waals surface area (Å²) in [6.07, 6.45) is 6.65. The molecular weight excluding hydrogens is 176 g/mol. The average Bonchev–Trinajstić information content (AvgIpc) is 2.66. The smallest absolute Gasteiger partial charge is 0.163 e. The standard InChI is InChI=1S/C12H16O2/c1-8-7-11(13-2)12(14-3)10-6-4-5-9(8)10/h5,7-8H,4,6H2,1-3H3. The van der Waals surface area contributed by atoms with E-state index >= 15 is 0 Å². The van der Waals surface area contributed by atoms with Crippen LogP contribution in [0.3, 0.4) is 0 Å². The normalized spacial score (nSPS) is 25.5. The minimum absolute atomic E-state index is 0.460. The fraction of sp³-hybridized carbons (Fsp3) is 0.500. The highest BCUT2D eigenvalue weighted by Gasteiger charge is 2.28. The molecule has 2 heteroatoms. The molecule has 1 atom stereocenters. The van der Waals surface area contributed by atoms with E-state index in [9.17, 15) is 0 Å². The van der Waals surface area contributed by atoms with Crippen LogP contribution in [0.15, 0.2) is 34.8 Å². The second kappa shape index (κ2) is 3.52. The van der Waals surface area contributed by atoms with Gasteiger partial charge in [-0.1, -0.05) is 13.0 Å². The second-order valence-electron chi connectivity index (χ2n) is 3.73. The van der Waals surface area contributed by atoms with Gasteiger partial charge in [0, 0.05) is 11.5 Å². The van der Waals surface area contributed by atoms with Crippen molar-refractivity contribution < 1.29 is 9.47 Å². The highest BCUT2D eigenvalue weighted by atomic mass is 16.5. The van der Waals surface area contributed by atoms with Crippen molar-refractivity contribution >= 4 is 0 Å². The van der Waals surface area contributed by atoms with E-state index in [-0.39, 0.29) is 0 Å². The monoisotopic (exact) mass is 192 g/mol. The van der Waals surface area contributed by atoms with Gasteiger partial charge in [-0.25, -0.2) is 0 Å². The third-order valence-electron chi connectivity index (χ3n) is 2.92. The van der Waals surface area contributed by atoms with E-state index in [1.54, 1.807) is 14.2 Å². The summed E-state index contributed by atoms with van der Waals surface area (Å²) in [6.45, 7) is 2.20. The maximum atomic E-state index is 5.40. The highest BCUT2D eigenvalue weighted by molar-refractivity contribution is 5.49. The first-order valence-electron chi connectivity index (χ1n) is 5.01. The lowest BCUT2D eigenvalue weighted by Crippen LogP contribution is -2.11. The van der Waals surface area contributed by atoms with E-state index in [2.05, 4.69) is 19.1 Å². The van der Waals surface area contributed by atoms with Crippen molar-refractivity contribution in [2.75, 3.05) is 14.2 Å². The Morgan fingerprint density at radius 2 is 2.07 bits per heavy atom. The number of methoxy groups -OCH3 is 2. The lowest BCUT2D eigenvalue weighted by Gasteiger charge is -2.23. The third-order valence-corrected chi connectivity index (χ3v) is 2.92. The summed E-state index contributed by atoms with van der Waals surface area (Å²) < 4.78 is 10.7. The summed E-state index contributed by atoms with van der Waals surface area (Å²) in [5, 5.41) is 0. The molecule has 0 aromatic heterocycles. The first-order chi connectivity index (χ1) is 6.77. The lowest BCUT2D eigenvalue weighted by atomic mass is 9.90. The first kappa shape index (κ1) is 9.38. The van der Waals surface area contributed by atoms with Gasteiger partial charge in [0.2, 0.25) is 0 Å². The molecule has 0 spiro atoms. The molecule has 0 amide bonds. The quantitative estimate of drug-likeness (QED) is 0.669. The van der Waals surface area contributed by atoms with Crippen LogP contribution < -0.4 is 0 Å². The predicted molar refractivity (Wildman–Crippen MR) is 55.6 cm³/mol. The van der Waals surface area contributed by atoms with Gasteiger partial charge in [0.1, 0.15) is 0 Å². The summed E-state index contributed by atoms with van der Waals surface area (Å²) in [5.74, 6) is 2.27. The van der Waals surface area contributed by atoms with Crippen LogP contribution in [0, 0.1) is 5.92 Å². The van der Waals surface area contributed by atoms with Crippen LogP contribution in [0.5, 0.6) is 0 Å². The minimum Gasteiger partial charge on any atom is -0.493 e. The van der Waals surface area contributed by atoms with Gasteiger partial charge in [-0.15, -0.1) is 0 Å². The molecule has 0 heterocycles. The largest absolute Gasteiger partial charge is 0.493 e. The van der Waals surface area contributed by atoms with Crippen LogP contribution in [0.1, 0.15) is 19.8 Å². The molecule has 0 saturated heterocycles. The van der Waals surface area contributed by atoms with E-state index in [0.717, 1.165) is 24.4 Å². The van der Waals surface area contributed by atoms with Gasteiger partial charge in [0.05, 0.1) is 14.2 Å². The van der Waals surface area contributed by atoms with Crippen LogP contribution in [0.25, 0.3) is 0 Å². The Bertz CT molecular complexity index is 334. The molecule has 0 bridgehead atoms. The summed E-state index contributed by atoms with van der Waals surface area (Å²) in [4.78, 5) is 0. The van der Waals surface area contributed by atoms with Crippen molar-refractivity contribution in [1.29, 1.82) is 0 Å². The molecule has 0 radical (unpaired) electrons. The second-order valence-corrected chi connectivity index (χ2v) is 3.73. The van der Waals surface area contributed by atoms with E-state index in [1.807, 2.05) is 0 Å². The van der Waals surface area contributed by atoms with Crippen LogP contribution in [-0.4, -0.2) is 14.2 Å². The van der Waals surface area contributed by atoms with Crippen molar-refractivity contribution in [3.63, 3.8) is 0 Å². The van der Waals surface area contributed by atoms with Gasteiger partial charge < -0.3 is 9.47 Å². The zero-order chi connectivity index (χ0) is 10.1. The zero-order valence-electron chi connectivity index (χ0n) is 8.96. The van der Waals surface area contributed by atoms with Crippen molar-refractivity contribution in [2.45, 2.75) is 19.8 Å². The molecule has 0 aliphatic heterocycles. The first-order valence-corrected chi connectivity index (χ1v) is 5.01. The average molecular weight is 192 g/mol. The Morgan fingerprint density at radius 1 is 1.29 bits per heavy atom. The summed E-state index contributed by atoms with van der Waals surface area (Å²) in [5.41, 5.74) is 2.75. The van der Waals surface area contributed by atoms with Crippen LogP contribution >= 0.6 is 0 Å². The maximum absolute atomic E-state index is 5.40. The maximum Gasteiger partial charge on any atom is 0.163 e. The summed E-state index contributed by atoms with van der Waals surface area (Å²) in [7, 11) is 3.41. The molecule has 0 N–H and O–H groups in total. The van der Waals surface area contributed by atoms with Gasteiger partial charge in [-0.05, 0) is 24.5 Å². The Balaban J connectivity index is 2.45. The molecule has 0 saturated carbocycles. The number of hydrogen-bond acceptors (Lipinski definition) is 2. The van der Waals surface area contributed by atoms with Crippen LogP contribution in [-0.2, 0) is 9.47 Å². The molecule has 2 rings (SSSR count). The van der Waals surface area contributed by atoms with Crippen molar-refractivity contribution in [2.24, 2.45) is 5.92 Å². The molecule has 1 unspecified atom stereocenters. The predicted octanol–water partition coefficient (Wildman–Crippen LogP) is 2.79. The lowest BCUT2D eigenvalue weighted by molar-refractivity contribution is 0.212. The summed E-state index contributed by atoms with van der Waals surface area (Å²) >= 11 is 0. The third kappa shape index (κ3) is 1.26. The van der Waals surface area contributed by atoms with Gasteiger partial charge in [0.25, 0.3) is 0 Å². The zero-order valence-corrected chi connectivity index (χ0v) is 8.96. The Hall–Kier alpha value is -1.18. The van der Waals surface area contributed by atoms with E-state index in [1.165, 1.54) is 11.1 Å². The molecule has 2 nitrogen and oxygen atoms in total. The van der Waals surface area contributed by atoms with Gasteiger partial charge in [0.15, 0.2) is 11.5 Å². The fourth-order valence-corrected chi connectivity index (χ4v) is 2.27. The van der Waals surface area contributed by atoms with E-state index in [0.29, 0.717) is 5.92 Å². The molecule has 0 aromatic carbocycles. The van der Waals surface area contributed by atoms with Crippen molar-refractivity contribution in [1.82, 2.24) is 0 Å². The van der Waals surface area contributed by atoms with Crippen molar-refractivity contribution in [3.05, 3.63) is 34.8 Å². The van der Waals surface area contributed by atoms with Gasteiger partial charge in [-0.2, -0.15) is 0 Å². The number of allylic oxidation sites excluding steroid dienone is 4.